The molecule has 10 heteroatoms. The summed E-state index contributed by atoms with van der Waals surface area (Å²) in [6.45, 7) is 2.50. The summed E-state index contributed by atoms with van der Waals surface area (Å²) in [5.41, 5.74) is 1.92. The highest BCUT2D eigenvalue weighted by Crippen LogP contribution is 2.32. The Balaban J connectivity index is 1.40. The van der Waals surface area contributed by atoms with Crippen LogP contribution in [0.1, 0.15) is 17.3 Å². The maximum absolute atomic E-state index is 12.3. The van der Waals surface area contributed by atoms with Crippen molar-refractivity contribution < 1.29 is 19.1 Å². The van der Waals surface area contributed by atoms with Crippen LogP contribution in [0.15, 0.2) is 47.6 Å². The summed E-state index contributed by atoms with van der Waals surface area (Å²) in [5.74, 6) is 1.20. The smallest absolute Gasteiger partial charge is 0.234 e. The Morgan fingerprint density at radius 3 is 2.62 bits per heavy atom. The van der Waals surface area contributed by atoms with Crippen LogP contribution in [0.25, 0.3) is 5.69 Å². The molecule has 0 radical (unpaired) electrons. The third kappa shape index (κ3) is 4.37. The predicted molar refractivity (Wildman–Crippen MR) is 106 cm³/mol. The predicted octanol–water partition coefficient (Wildman–Crippen LogP) is 2.37. The number of nitrogens with one attached hydrogen (secondary N) is 1. The molecule has 3 aromatic rings. The van der Waals surface area contributed by atoms with E-state index in [0.29, 0.717) is 46.8 Å². The number of nitrogens with zero attached hydrogens (tertiary/aromatic N) is 4. The molecule has 0 spiro atoms. The minimum atomic E-state index is -0.206. The number of carbonyl (C=O) groups is 2. The molecule has 0 fully saturated rings. The van der Waals surface area contributed by atoms with Gasteiger partial charge in [0.15, 0.2) is 17.3 Å². The van der Waals surface area contributed by atoms with Gasteiger partial charge >= 0.3 is 0 Å². The topological polar surface area (TPSA) is 108 Å². The number of hydrogen-bond acceptors (Lipinski definition) is 8. The highest BCUT2D eigenvalue weighted by molar-refractivity contribution is 7.99. The van der Waals surface area contributed by atoms with Gasteiger partial charge < -0.3 is 14.8 Å². The van der Waals surface area contributed by atoms with Crippen molar-refractivity contribution in [1.29, 1.82) is 0 Å². The van der Waals surface area contributed by atoms with Gasteiger partial charge in [0, 0.05) is 17.3 Å². The van der Waals surface area contributed by atoms with Gasteiger partial charge in [0.1, 0.15) is 13.2 Å². The molecule has 1 amide bonds. The first kappa shape index (κ1) is 18.9. The summed E-state index contributed by atoms with van der Waals surface area (Å²) >= 11 is 1.21. The fourth-order valence-corrected chi connectivity index (χ4v) is 3.40. The summed E-state index contributed by atoms with van der Waals surface area (Å²) < 4.78 is 12.6. The van der Waals surface area contributed by atoms with Crippen molar-refractivity contribution >= 4 is 29.1 Å². The lowest BCUT2D eigenvalue weighted by Crippen LogP contribution is -2.16. The Bertz CT molecular complexity index is 1050. The normalized spacial score (nSPS) is 12.4. The number of thioether (sulfide) groups is 1. The molecule has 29 heavy (non-hydrogen) atoms. The average molecular weight is 411 g/mol. The number of benzene rings is 2. The van der Waals surface area contributed by atoms with E-state index in [1.807, 2.05) is 6.07 Å². The van der Waals surface area contributed by atoms with E-state index >= 15 is 0 Å². The second-order valence-electron chi connectivity index (χ2n) is 6.17. The summed E-state index contributed by atoms with van der Waals surface area (Å²) in [4.78, 5) is 23.6. The summed E-state index contributed by atoms with van der Waals surface area (Å²) in [6.07, 6.45) is 0. The lowest BCUT2D eigenvalue weighted by molar-refractivity contribution is -0.113. The minimum absolute atomic E-state index is 0.0237. The quantitative estimate of drug-likeness (QED) is 0.486. The zero-order valence-corrected chi connectivity index (χ0v) is 16.3. The van der Waals surface area contributed by atoms with Crippen molar-refractivity contribution in [2.45, 2.75) is 12.1 Å². The van der Waals surface area contributed by atoms with E-state index in [1.165, 1.54) is 23.4 Å². The van der Waals surface area contributed by atoms with Gasteiger partial charge in [0.25, 0.3) is 0 Å². The number of anilines is 1. The number of tetrazole rings is 1. The van der Waals surface area contributed by atoms with Crippen LogP contribution in [0.3, 0.4) is 0 Å². The molecule has 0 saturated heterocycles. The van der Waals surface area contributed by atoms with Crippen LogP contribution in [-0.2, 0) is 4.79 Å². The zero-order chi connectivity index (χ0) is 20.2. The third-order valence-electron chi connectivity index (χ3n) is 4.12. The average Bonchev–Trinajstić information content (AvgIpc) is 3.21. The van der Waals surface area contributed by atoms with E-state index < -0.39 is 0 Å². The van der Waals surface area contributed by atoms with Crippen LogP contribution < -0.4 is 14.8 Å². The lowest BCUT2D eigenvalue weighted by Gasteiger charge is -2.18. The third-order valence-corrected chi connectivity index (χ3v) is 5.04. The maximum atomic E-state index is 12.3. The molecular formula is C19H17N5O4S. The first-order valence-corrected chi connectivity index (χ1v) is 9.81. The Kier molecular flexibility index (Phi) is 5.43. The van der Waals surface area contributed by atoms with Crippen LogP contribution in [0.5, 0.6) is 11.5 Å². The number of aromatic nitrogens is 4. The van der Waals surface area contributed by atoms with Gasteiger partial charge in [0.2, 0.25) is 11.1 Å². The lowest BCUT2D eigenvalue weighted by atomic mass is 10.1. The van der Waals surface area contributed by atoms with Gasteiger partial charge in [-0.1, -0.05) is 11.8 Å². The van der Waals surface area contributed by atoms with Gasteiger partial charge in [-0.15, -0.1) is 5.10 Å². The molecular weight excluding hydrogens is 394 g/mol. The van der Waals surface area contributed by atoms with Crippen LogP contribution in [0, 0.1) is 0 Å². The van der Waals surface area contributed by atoms with Crippen LogP contribution >= 0.6 is 11.8 Å². The molecule has 4 rings (SSSR count). The number of rotatable bonds is 6. The van der Waals surface area contributed by atoms with Crippen molar-refractivity contribution in [1.82, 2.24) is 20.2 Å². The van der Waals surface area contributed by atoms with E-state index in [9.17, 15) is 9.59 Å². The maximum Gasteiger partial charge on any atom is 0.234 e. The van der Waals surface area contributed by atoms with Crippen molar-refractivity contribution in [3.05, 3.63) is 48.0 Å². The van der Waals surface area contributed by atoms with Gasteiger partial charge in [0.05, 0.1) is 11.4 Å². The summed E-state index contributed by atoms with van der Waals surface area (Å²) in [5, 5.41) is 15.0. The fraction of sp³-hybridized carbons (Fsp3) is 0.211. The fourth-order valence-electron chi connectivity index (χ4n) is 2.71. The molecule has 0 aliphatic carbocycles. The van der Waals surface area contributed by atoms with Crippen molar-refractivity contribution in [2.24, 2.45) is 0 Å². The Hall–Kier alpha value is -3.40. The highest BCUT2D eigenvalue weighted by atomic mass is 32.2. The Morgan fingerprint density at radius 1 is 1.10 bits per heavy atom. The van der Waals surface area contributed by atoms with Crippen molar-refractivity contribution in [2.75, 3.05) is 24.3 Å². The summed E-state index contributed by atoms with van der Waals surface area (Å²) in [6, 6.07) is 12.2. The molecule has 0 unspecified atom stereocenters. The molecule has 0 saturated carbocycles. The Morgan fingerprint density at radius 2 is 1.86 bits per heavy atom. The molecule has 9 nitrogen and oxygen atoms in total. The van der Waals surface area contributed by atoms with Gasteiger partial charge in [-0.3, -0.25) is 9.59 Å². The highest BCUT2D eigenvalue weighted by Gasteiger charge is 2.16. The standard InChI is InChI=1S/C19H17N5O4S/c1-12(25)13-2-4-14(5-3-13)20-18(26)11-29-19-21-22-23-24(19)15-6-7-16-17(10-15)28-9-8-27-16/h2-7,10H,8-9,11H2,1H3,(H,20,26). The molecule has 2 aromatic carbocycles. The number of fused-ring (bicyclic) bond motifs is 1. The molecule has 148 valence electrons. The monoisotopic (exact) mass is 411 g/mol. The van der Waals surface area contributed by atoms with Crippen molar-refractivity contribution in [3.63, 3.8) is 0 Å². The molecule has 0 atom stereocenters. The first-order chi connectivity index (χ1) is 14.1. The van der Waals surface area contributed by atoms with E-state index in [-0.39, 0.29) is 17.4 Å². The molecule has 1 aromatic heterocycles. The van der Waals surface area contributed by atoms with Crippen LogP contribution in [0.2, 0.25) is 0 Å². The zero-order valence-electron chi connectivity index (χ0n) is 15.5. The number of hydrogen-bond donors (Lipinski definition) is 1. The number of carbonyl (C=O) groups excluding carboxylic acids is 2. The number of ketones is 1. The number of amides is 1. The van der Waals surface area contributed by atoms with Gasteiger partial charge in [-0.05, 0) is 53.7 Å². The minimum Gasteiger partial charge on any atom is -0.486 e. The number of ether oxygens (including phenoxy) is 2. The summed E-state index contributed by atoms with van der Waals surface area (Å²) in [7, 11) is 0. The van der Waals surface area contributed by atoms with Gasteiger partial charge in [-0.25, -0.2) is 0 Å². The van der Waals surface area contributed by atoms with Crippen molar-refractivity contribution in [3.8, 4) is 17.2 Å². The molecule has 1 N–H and O–H groups in total. The second kappa shape index (κ2) is 8.31. The van der Waals surface area contributed by atoms with E-state index in [0.717, 1.165) is 0 Å². The van der Waals surface area contributed by atoms with Gasteiger partial charge in [-0.2, -0.15) is 4.68 Å². The van der Waals surface area contributed by atoms with E-state index in [1.54, 1.807) is 36.4 Å². The van der Waals surface area contributed by atoms with Crippen LogP contribution in [0.4, 0.5) is 5.69 Å². The molecule has 1 aliphatic rings. The second-order valence-corrected chi connectivity index (χ2v) is 7.11. The SMILES string of the molecule is CC(=O)c1ccc(NC(=O)CSc2nnnn2-c2ccc3c(c2)OCCO3)cc1. The Labute approximate surface area is 170 Å². The van der Waals surface area contributed by atoms with E-state index in [2.05, 4.69) is 20.8 Å². The number of Topliss-reactive ketones (excluding diaryl/α,β-unsaturated/α-hetero) is 1. The largest absolute Gasteiger partial charge is 0.486 e. The van der Waals surface area contributed by atoms with Crippen LogP contribution in [-0.4, -0.2) is 50.9 Å². The first-order valence-electron chi connectivity index (χ1n) is 8.82. The molecule has 2 heterocycles. The molecule has 0 bridgehead atoms. The van der Waals surface area contributed by atoms with E-state index in [4.69, 9.17) is 9.47 Å². The molecule has 1 aliphatic heterocycles.